The molecule has 0 radical (unpaired) electrons. The second-order valence-corrected chi connectivity index (χ2v) is 5.10. The van der Waals surface area contributed by atoms with Crippen LogP contribution < -0.4 is 10.1 Å². The van der Waals surface area contributed by atoms with Gasteiger partial charge in [0, 0.05) is 12.1 Å². The number of rotatable bonds is 7. The van der Waals surface area contributed by atoms with E-state index >= 15 is 0 Å². The van der Waals surface area contributed by atoms with Crippen molar-refractivity contribution in [2.24, 2.45) is 0 Å². The van der Waals surface area contributed by atoms with Crippen molar-refractivity contribution in [1.82, 2.24) is 5.32 Å². The minimum Gasteiger partial charge on any atom is -0.485 e. The Morgan fingerprint density at radius 2 is 2.05 bits per heavy atom. The summed E-state index contributed by atoms with van der Waals surface area (Å²) in [4.78, 5) is 0. The number of ether oxygens (including phenoxy) is 1. The van der Waals surface area contributed by atoms with Crippen molar-refractivity contribution in [1.29, 1.82) is 0 Å². The quantitative estimate of drug-likeness (QED) is 0.775. The lowest BCUT2D eigenvalue weighted by Gasteiger charge is -2.10. The van der Waals surface area contributed by atoms with Crippen LogP contribution in [-0.4, -0.2) is 6.54 Å². The lowest BCUT2D eigenvalue weighted by molar-refractivity contribution is 0.266. The van der Waals surface area contributed by atoms with Crippen LogP contribution in [0.3, 0.4) is 0 Å². The maximum Gasteiger partial charge on any atom is 0.146 e. The Hall–Kier alpha value is -1.74. The molecule has 3 nitrogen and oxygen atoms in total. The summed E-state index contributed by atoms with van der Waals surface area (Å²) in [5.41, 5.74) is 3.52. The summed E-state index contributed by atoms with van der Waals surface area (Å²) >= 11 is 0. The van der Waals surface area contributed by atoms with E-state index in [9.17, 15) is 0 Å². The summed E-state index contributed by atoms with van der Waals surface area (Å²) in [6.07, 6.45) is 2.86. The smallest absolute Gasteiger partial charge is 0.146 e. The van der Waals surface area contributed by atoms with Crippen LogP contribution in [0.5, 0.6) is 5.75 Å². The van der Waals surface area contributed by atoms with Crippen LogP contribution in [0.15, 0.2) is 34.9 Å². The number of furan rings is 1. The maximum absolute atomic E-state index is 5.89. The van der Waals surface area contributed by atoms with Crippen LogP contribution in [0.1, 0.15) is 35.8 Å². The molecule has 1 N–H and O–H groups in total. The molecule has 3 heteroatoms. The first-order valence-corrected chi connectivity index (χ1v) is 7.16. The first-order valence-electron chi connectivity index (χ1n) is 7.16. The third kappa shape index (κ3) is 3.87. The normalized spacial score (nSPS) is 10.8. The van der Waals surface area contributed by atoms with Crippen molar-refractivity contribution in [2.75, 3.05) is 6.54 Å². The molecule has 1 heterocycles. The Labute approximate surface area is 121 Å². The number of aryl methyl sites for hydroxylation is 2. The van der Waals surface area contributed by atoms with Gasteiger partial charge in [-0.3, -0.25) is 0 Å². The Morgan fingerprint density at radius 3 is 2.85 bits per heavy atom. The van der Waals surface area contributed by atoms with E-state index in [0.29, 0.717) is 6.61 Å². The summed E-state index contributed by atoms with van der Waals surface area (Å²) in [6, 6.07) is 8.24. The minimum absolute atomic E-state index is 0.473. The van der Waals surface area contributed by atoms with Gasteiger partial charge in [0.25, 0.3) is 0 Å². The van der Waals surface area contributed by atoms with Gasteiger partial charge in [0.2, 0.25) is 0 Å². The van der Waals surface area contributed by atoms with E-state index in [4.69, 9.17) is 9.15 Å². The molecular weight excluding hydrogens is 250 g/mol. The topological polar surface area (TPSA) is 34.4 Å². The van der Waals surface area contributed by atoms with E-state index in [-0.39, 0.29) is 0 Å². The molecular formula is C17H23NO2. The monoisotopic (exact) mass is 273 g/mol. The van der Waals surface area contributed by atoms with Crippen molar-refractivity contribution in [3.8, 4) is 5.75 Å². The second kappa shape index (κ2) is 7.15. The molecule has 0 saturated carbocycles. The van der Waals surface area contributed by atoms with Gasteiger partial charge in [-0.15, -0.1) is 0 Å². The molecule has 0 unspecified atom stereocenters. The van der Waals surface area contributed by atoms with Gasteiger partial charge in [0.15, 0.2) is 0 Å². The average Bonchev–Trinajstić information content (AvgIpc) is 2.88. The van der Waals surface area contributed by atoms with E-state index in [1.54, 1.807) is 6.26 Å². The lowest BCUT2D eigenvalue weighted by atomic mass is 10.1. The molecule has 0 spiro atoms. The first-order chi connectivity index (χ1) is 9.70. The van der Waals surface area contributed by atoms with E-state index < -0.39 is 0 Å². The highest BCUT2D eigenvalue weighted by Gasteiger charge is 2.08. The van der Waals surface area contributed by atoms with Crippen molar-refractivity contribution in [3.05, 3.63) is 53.0 Å². The van der Waals surface area contributed by atoms with Crippen LogP contribution in [0.25, 0.3) is 0 Å². The molecule has 0 aliphatic rings. The SMILES string of the molecule is CCCNCc1ccoc1COc1cc(C)ccc1C. The lowest BCUT2D eigenvalue weighted by Crippen LogP contribution is -2.14. The molecule has 0 fully saturated rings. The molecule has 0 atom stereocenters. The molecule has 108 valence electrons. The van der Waals surface area contributed by atoms with Gasteiger partial charge in [-0.25, -0.2) is 0 Å². The fourth-order valence-corrected chi connectivity index (χ4v) is 2.06. The van der Waals surface area contributed by atoms with Crippen LogP contribution >= 0.6 is 0 Å². The predicted octanol–water partition coefficient (Wildman–Crippen LogP) is 3.98. The summed E-state index contributed by atoms with van der Waals surface area (Å²) in [6.45, 7) is 8.60. The van der Waals surface area contributed by atoms with Crippen molar-refractivity contribution < 1.29 is 9.15 Å². The third-order valence-electron chi connectivity index (χ3n) is 3.28. The van der Waals surface area contributed by atoms with Gasteiger partial charge in [-0.1, -0.05) is 19.1 Å². The van der Waals surface area contributed by atoms with Crippen molar-refractivity contribution >= 4 is 0 Å². The molecule has 0 amide bonds. The number of hydrogen-bond acceptors (Lipinski definition) is 3. The minimum atomic E-state index is 0.473. The van der Waals surface area contributed by atoms with E-state index in [1.807, 2.05) is 6.07 Å². The highest BCUT2D eigenvalue weighted by atomic mass is 16.5. The fourth-order valence-electron chi connectivity index (χ4n) is 2.06. The Morgan fingerprint density at radius 1 is 1.20 bits per heavy atom. The highest BCUT2D eigenvalue weighted by molar-refractivity contribution is 5.36. The zero-order valence-corrected chi connectivity index (χ0v) is 12.5. The molecule has 0 bridgehead atoms. The highest BCUT2D eigenvalue weighted by Crippen LogP contribution is 2.21. The molecule has 1 aromatic heterocycles. The van der Waals surface area contributed by atoms with Gasteiger partial charge in [0.1, 0.15) is 18.1 Å². The fraction of sp³-hybridized carbons (Fsp3) is 0.412. The number of nitrogens with one attached hydrogen (secondary N) is 1. The molecule has 20 heavy (non-hydrogen) atoms. The first kappa shape index (κ1) is 14.7. The average molecular weight is 273 g/mol. The molecule has 0 aliphatic heterocycles. The summed E-state index contributed by atoms with van der Waals surface area (Å²) in [5, 5.41) is 3.38. The molecule has 2 aromatic rings. The van der Waals surface area contributed by atoms with E-state index in [1.165, 1.54) is 11.1 Å². The summed E-state index contributed by atoms with van der Waals surface area (Å²) in [5.74, 6) is 1.82. The number of benzene rings is 1. The Balaban J connectivity index is 1.97. The standard InChI is InChI=1S/C17H23NO2/c1-4-8-18-11-15-7-9-19-17(15)12-20-16-10-13(2)5-6-14(16)3/h5-7,9-10,18H,4,8,11-12H2,1-3H3. The molecule has 2 rings (SSSR count). The van der Waals surface area contributed by atoms with Crippen LogP contribution in [0.2, 0.25) is 0 Å². The summed E-state index contributed by atoms with van der Waals surface area (Å²) in [7, 11) is 0. The predicted molar refractivity (Wildman–Crippen MR) is 81.0 cm³/mol. The second-order valence-electron chi connectivity index (χ2n) is 5.10. The molecule has 1 aromatic carbocycles. The number of hydrogen-bond donors (Lipinski definition) is 1. The van der Waals surface area contributed by atoms with E-state index in [2.05, 4.69) is 44.3 Å². The summed E-state index contributed by atoms with van der Waals surface area (Å²) < 4.78 is 11.4. The zero-order valence-electron chi connectivity index (χ0n) is 12.5. The maximum atomic E-state index is 5.89. The third-order valence-corrected chi connectivity index (χ3v) is 3.28. The van der Waals surface area contributed by atoms with Crippen LogP contribution in [0, 0.1) is 13.8 Å². The van der Waals surface area contributed by atoms with Crippen molar-refractivity contribution in [2.45, 2.75) is 40.3 Å². The van der Waals surface area contributed by atoms with Crippen molar-refractivity contribution in [3.63, 3.8) is 0 Å². The zero-order chi connectivity index (χ0) is 14.4. The molecule has 0 saturated heterocycles. The van der Waals surface area contributed by atoms with Gasteiger partial charge in [0.05, 0.1) is 6.26 Å². The Kier molecular flexibility index (Phi) is 5.24. The Bertz CT molecular complexity index is 546. The molecule has 0 aliphatic carbocycles. The van der Waals surface area contributed by atoms with Gasteiger partial charge in [-0.05, 0) is 50.1 Å². The largest absolute Gasteiger partial charge is 0.485 e. The van der Waals surface area contributed by atoms with E-state index in [0.717, 1.165) is 36.6 Å². The van der Waals surface area contributed by atoms with Crippen LogP contribution in [-0.2, 0) is 13.2 Å². The van der Waals surface area contributed by atoms with Crippen LogP contribution in [0.4, 0.5) is 0 Å². The van der Waals surface area contributed by atoms with Gasteiger partial charge >= 0.3 is 0 Å². The van der Waals surface area contributed by atoms with Gasteiger partial charge in [-0.2, -0.15) is 0 Å². The van der Waals surface area contributed by atoms with Gasteiger partial charge < -0.3 is 14.5 Å².